The van der Waals surface area contributed by atoms with Crippen molar-refractivity contribution in [1.82, 2.24) is 4.90 Å². The van der Waals surface area contributed by atoms with Gasteiger partial charge in [0.05, 0.1) is 12.1 Å². The summed E-state index contributed by atoms with van der Waals surface area (Å²) in [5.74, 6) is 0.985. The van der Waals surface area contributed by atoms with E-state index in [0.29, 0.717) is 11.8 Å². The molecule has 112 valence electrons. The molecule has 1 spiro atoms. The molecule has 0 unspecified atom stereocenters. The highest BCUT2D eigenvalue weighted by molar-refractivity contribution is 5.81. The molecule has 4 fully saturated rings. The predicted molar refractivity (Wildman–Crippen MR) is 77.2 cm³/mol. The minimum atomic E-state index is -0.200. The normalized spacial score (nSPS) is 37.6. The first-order chi connectivity index (χ1) is 9.77. The molecule has 0 aromatic carbocycles. The molecule has 2 saturated heterocycles. The van der Waals surface area contributed by atoms with Gasteiger partial charge in [0.15, 0.2) is 0 Å². The summed E-state index contributed by atoms with van der Waals surface area (Å²) in [5, 5.41) is 0. The van der Waals surface area contributed by atoms with Crippen LogP contribution in [0.1, 0.15) is 77.0 Å². The number of carbonyl (C=O) groups is 1. The Kier molecular flexibility index (Phi) is 3.10. The zero-order valence-electron chi connectivity index (χ0n) is 12.5. The fourth-order valence-electron chi connectivity index (χ4n) is 5.48. The van der Waals surface area contributed by atoms with Gasteiger partial charge in [0.1, 0.15) is 5.72 Å². The summed E-state index contributed by atoms with van der Waals surface area (Å²) in [7, 11) is 0. The second kappa shape index (κ2) is 4.72. The maximum Gasteiger partial charge on any atom is 0.225 e. The van der Waals surface area contributed by atoms with E-state index in [0.717, 1.165) is 19.4 Å². The van der Waals surface area contributed by atoms with Crippen LogP contribution in [0, 0.1) is 5.92 Å². The van der Waals surface area contributed by atoms with E-state index in [2.05, 4.69) is 4.90 Å². The zero-order chi connectivity index (χ0) is 13.6. The predicted octanol–water partition coefficient (Wildman–Crippen LogP) is 3.62. The Labute approximate surface area is 122 Å². The Balaban J connectivity index is 1.67. The van der Waals surface area contributed by atoms with E-state index >= 15 is 0 Å². The van der Waals surface area contributed by atoms with Crippen LogP contribution >= 0.6 is 0 Å². The summed E-state index contributed by atoms with van der Waals surface area (Å²) >= 11 is 0. The minimum absolute atomic E-state index is 0.0727. The summed E-state index contributed by atoms with van der Waals surface area (Å²) < 4.78 is 6.47. The SMILES string of the molecule is O=C1CC[C@]2(C3CCCCC3)OCC3(CCCCC3)N12. The number of carbonyl (C=O) groups excluding carboxylic acids is 1. The van der Waals surface area contributed by atoms with Crippen LogP contribution in [0.2, 0.25) is 0 Å². The molecular formula is C17H27NO2. The average Bonchev–Trinajstić information content (AvgIpc) is 3.01. The van der Waals surface area contributed by atoms with Gasteiger partial charge in [0.25, 0.3) is 0 Å². The molecule has 1 atom stereocenters. The molecule has 20 heavy (non-hydrogen) atoms. The second-order valence-corrected chi connectivity index (χ2v) is 7.48. The lowest BCUT2D eigenvalue weighted by Crippen LogP contribution is -2.57. The van der Waals surface area contributed by atoms with Gasteiger partial charge < -0.3 is 9.64 Å². The molecule has 4 aliphatic rings. The Bertz CT molecular complexity index is 396. The number of hydrogen-bond acceptors (Lipinski definition) is 2. The molecule has 2 aliphatic heterocycles. The van der Waals surface area contributed by atoms with Gasteiger partial charge in [-0.05, 0) is 25.7 Å². The van der Waals surface area contributed by atoms with Crippen molar-refractivity contribution < 1.29 is 9.53 Å². The molecule has 3 nitrogen and oxygen atoms in total. The van der Waals surface area contributed by atoms with E-state index in [1.807, 2.05) is 0 Å². The highest BCUT2D eigenvalue weighted by Crippen LogP contribution is 2.54. The van der Waals surface area contributed by atoms with E-state index < -0.39 is 0 Å². The largest absolute Gasteiger partial charge is 0.353 e. The molecule has 2 saturated carbocycles. The van der Waals surface area contributed by atoms with Crippen molar-refractivity contribution in [2.75, 3.05) is 6.61 Å². The van der Waals surface area contributed by atoms with Crippen molar-refractivity contribution in [3.05, 3.63) is 0 Å². The van der Waals surface area contributed by atoms with Gasteiger partial charge in [0.2, 0.25) is 5.91 Å². The fourth-order valence-corrected chi connectivity index (χ4v) is 5.48. The zero-order valence-corrected chi connectivity index (χ0v) is 12.5. The van der Waals surface area contributed by atoms with E-state index in [-0.39, 0.29) is 11.3 Å². The molecular weight excluding hydrogens is 250 g/mol. The number of amides is 1. The first-order valence-electron chi connectivity index (χ1n) is 8.74. The minimum Gasteiger partial charge on any atom is -0.353 e. The second-order valence-electron chi connectivity index (χ2n) is 7.48. The molecule has 4 rings (SSSR count). The van der Waals surface area contributed by atoms with Crippen molar-refractivity contribution in [2.24, 2.45) is 5.92 Å². The molecule has 2 aliphatic carbocycles. The topological polar surface area (TPSA) is 29.5 Å². The first-order valence-corrected chi connectivity index (χ1v) is 8.74. The smallest absolute Gasteiger partial charge is 0.225 e. The van der Waals surface area contributed by atoms with E-state index in [1.54, 1.807) is 0 Å². The average molecular weight is 277 g/mol. The lowest BCUT2D eigenvalue weighted by molar-refractivity contribution is -0.154. The summed E-state index contributed by atoms with van der Waals surface area (Å²) in [6.07, 6.45) is 14.4. The number of ether oxygens (including phenoxy) is 1. The Hall–Kier alpha value is -0.570. The third kappa shape index (κ3) is 1.71. The van der Waals surface area contributed by atoms with Crippen LogP contribution in [0.4, 0.5) is 0 Å². The van der Waals surface area contributed by atoms with E-state index in [1.165, 1.54) is 64.2 Å². The van der Waals surface area contributed by atoms with Crippen LogP contribution in [0.15, 0.2) is 0 Å². The van der Waals surface area contributed by atoms with Crippen molar-refractivity contribution in [3.8, 4) is 0 Å². The number of rotatable bonds is 1. The number of hydrogen-bond donors (Lipinski definition) is 0. The van der Waals surface area contributed by atoms with Gasteiger partial charge in [-0.3, -0.25) is 4.79 Å². The van der Waals surface area contributed by atoms with Gasteiger partial charge >= 0.3 is 0 Å². The van der Waals surface area contributed by atoms with Crippen molar-refractivity contribution in [1.29, 1.82) is 0 Å². The van der Waals surface area contributed by atoms with Crippen molar-refractivity contribution in [2.45, 2.75) is 88.3 Å². The van der Waals surface area contributed by atoms with Crippen LogP contribution in [-0.2, 0) is 9.53 Å². The molecule has 0 aromatic rings. The summed E-state index contributed by atoms with van der Waals surface area (Å²) in [5.41, 5.74) is -0.127. The maximum absolute atomic E-state index is 12.6. The number of nitrogens with zero attached hydrogens (tertiary/aromatic N) is 1. The monoisotopic (exact) mass is 277 g/mol. The Morgan fingerprint density at radius 2 is 1.65 bits per heavy atom. The highest BCUT2D eigenvalue weighted by Gasteiger charge is 2.63. The molecule has 2 heterocycles. The maximum atomic E-state index is 12.6. The van der Waals surface area contributed by atoms with Gasteiger partial charge in [-0.2, -0.15) is 0 Å². The van der Waals surface area contributed by atoms with Crippen LogP contribution in [0.3, 0.4) is 0 Å². The first kappa shape index (κ1) is 13.1. The highest BCUT2D eigenvalue weighted by atomic mass is 16.5. The van der Waals surface area contributed by atoms with Gasteiger partial charge in [-0.1, -0.05) is 38.5 Å². The third-order valence-corrected chi connectivity index (χ3v) is 6.42. The fraction of sp³-hybridized carbons (Fsp3) is 0.941. The van der Waals surface area contributed by atoms with Crippen molar-refractivity contribution >= 4 is 5.91 Å². The molecule has 0 aromatic heterocycles. The summed E-state index contributed by atoms with van der Waals surface area (Å²) in [6.45, 7) is 0.815. The van der Waals surface area contributed by atoms with E-state index in [4.69, 9.17) is 4.74 Å². The van der Waals surface area contributed by atoms with Crippen LogP contribution in [-0.4, -0.2) is 28.7 Å². The van der Waals surface area contributed by atoms with E-state index in [9.17, 15) is 4.79 Å². The lowest BCUT2D eigenvalue weighted by Gasteiger charge is -2.46. The number of fused-ring (bicyclic) bond motifs is 2. The van der Waals surface area contributed by atoms with Gasteiger partial charge in [-0.25, -0.2) is 0 Å². The Morgan fingerprint density at radius 3 is 2.40 bits per heavy atom. The molecule has 3 heteroatoms. The van der Waals surface area contributed by atoms with Crippen LogP contribution < -0.4 is 0 Å². The lowest BCUT2D eigenvalue weighted by atomic mass is 9.77. The molecule has 1 amide bonds. The third-order valence-electron chi connectivity index (χ3n) is 6.42. The standard InChI is InChI=1S/C17H27NO2/c19-15-9-12-17(14-7-3-1-4-8-14)18(15)16(13-20-17)10-5-2-6-11-16/h14H,1-13H2/t17-/m1/s1. The Morgan fingerprint density at radius 1 is 0.950 bits per heavy atom. The quantitative estimate of drug-likeness (QED) is 0.732. The summed E-state index contributed by atoms with van der Waals surface area (Å²) in [4.78, 5) is 14.9. The summed E-state index contributed by atoms with van der Waals surface area (Å²) in [6, 6.07) is 0. The molecule has 0 bridgehead atoms. The molecule has 0 radical (unpaired) electrons. The molecule has 0 N–H and O–H groups in total. The van der Waals surface area contributed by atoms with Crippen LogP contribution in [0.5, 0.6) is 0 Å². The van der Waals surface area contributed by atoms with Crippen molar-refractivity contribution in [3.63, 3.8) is 0 Å². The van der Waals surface area contributed by atoms with Crippen LogP contribution in [0.25, 0.3) is 0 Å². The van der Waals surface area contributed by atoms with Gasteiger partial charge in [-0.15, -0.1) is 0 Å². The van der Waals surface area contributed by atoms with Gasteiger partial charge in [0, 0.05) is 18.8 Å².